The van der Waals surface area contributed by atoms with E-state index in [-0.39, 0.29) is 23.2 Å². The Hall–Kier alpha value is -2.34. The second kappa shape index (κ2) is 8.78. The third-order valence-corrected chi connectivity index (χ3v) is 5.38. The monoisotopic (exact) mass is 403 g/mol. The average molecular weight is 404 g/mol. The molecule has 28 heavy (non-hydrogen) atoms. The Bertz CT molecular complexity index is 840. The summed E-state index contributed by atoms with van der Waals surface area (Å²) >= 11 is 6.38. The van der Waals surface area contributed by atoms with Crippen molar-refractivity contribution >= 4 is 23.5 Å². The first-order valence-corrected chi connectivity index (χ1v) is 9.94. The van der Waals surface area contributed by atoms with E-state index in [1.807, 2.05) is 30.3 Å². The normalized spacial score (nSPS) is 19.5. The van der Waals surface area contributed by atoms with Gasteiger partial charge >= 0.3 is 5.97 Å². The zero-order valence-corrected chi connectivity index (χ0v) is 17.3. The summed E-state index contributed by atoms with van der Waals surface area (Å²) < 4.78 is 6.84. The molecule has 0 bridgehead atoms. The van der Waals surface area contributed by atoms with Crippen LogP contribution in [-0.2, 0) is 16.1 Å². The molecule has 150 valence electrons. The molecule has 1 fully saturated rings. The van der Waals surface area contributed by atoms with E-state index in [1.165, 1.54) is 0 Å². The van der Waals surface area contributed by atoms with Crippen molar-refractivity contribution in [1.29, 1.82) is 0 Å². The molecule has 2 heterocycles. The fraction of sp³-hybridized carbons (Fsp3) is 0.476. The zero-order valence-electron chi connectivity index (χ0n) is 16.5. The van der Waals surface area contributed by atoms with Crippen LogP contribution in [0.4, 0.5) is 0 Å². The molecule has 3 rings (SSSR count). The first-order chi connectivity index (χ1) is 13.3. The largest absolute Gasteiger partial charge is 0.452 e. The number of hydrogen-bond donors (Lipinski definition) is 0. The fourth-order valence-corrected chi connectivity index (χ4v) is 4.12. The van der Waals surface area contributed by atoms with E-state index >= 15 is 0 Å². The summed E-state index contributed by atoms with van der Waals surface area (Å²) in [5.41, 5.74) is 1.72. The van der Waals surface area contributed by atoms with Gasteiger partial charge in [0.1, 0.15) is 10.7 Å². The van der Waals surface area contributed by atoms with Crippen molar-refractivity contribution in [3.8, 4) is 0 Å². The molecule has 0 unspecified atom stereocenters. The Morgan fingerprint density at radius 3 is 2.46 bits per heavy atom. The van der Waals surface area contributed by atoms with Gasteiger partial charge < -0.3 is 9.64 Å². The van der Waals surface area contributed by atoms with Crippen molar-refractivity contribution in [3.05, 3.63) is 52.3 Å². The van der Waals surface area contributed by atoms with E-state index in [9.17, 15) is 9.59 Å². The number of halogens is 1. The predicted molar refractivity (Wildman–Crippen MR) is 107 cm³/mol. The van der Waals surface area contributed by atoms with Crippen LogP contribution in [0.3, 0.4) is 0 Å². The summed E-state index contributed by atoms with van der Waals surface area (Å²) in [5, 5.41) is 4.57. The lowest BCUT2D eigenvalue weighted by molar-refractivity contribution is -0.137. The van der Waals surface area contributed by atoms with Crippen LogP contribution in [0, 0.1) is 18.8 Å². The maximum Gasteiger partial charge on any atom is 0.343 e. The van der Waals surface area contributed by atoms with Crippen LogP contribution >= 0.6 is 11.6 Å². The second-order valence-electron chi connectivity index (χ2n) is 7.72. The number of piperidine rings is 1. The number of carbonyl (C=O) groups is 2. The van der Waals surface area contributed by atoms with Crippen molar-refractivity contribution in [2.24, 2.45) is 11.8 Å². The molecular formula is C21H26ClN3O3. The predicted octanol–water partition coefficient (Wildman–Crippen LogP) is 3.55. The van der Waals surface area contributed by atoms with Gasteiger partial charge in [0.25, 0.3) is 5.91 Å². The first-order valence-electron chi connectivity index (χ1n) is 9.57. The zero-order chi connectivity index (χ0) is 20.3. The maximum atomic E-state index is 12.5. The minimum absolute atomic E-state index is 0.169. The molecule has 2 atom stereocenters. The van der Waals surface area contributed by atoms with Gasteiger partial charge in [-0.05, 0) is 30.7 Å². The van der Waals surface area contributed by atoms with Crippen LogP contribution in [0.5, 0.6) is 0 Å². The molecule has 7 heteroatoms. The SMILES string of the molecule is Cc1nn(Cc2ccccc2)c(Cl)c1C(=O)OCC(=O)N1C[C@H](C)C[C@H](C)C1. The number of nitrogens with zero attached hydrogens (tertiary/aromatic N) is 3. The first kappa shape index (κ1) is 20.4. The van der Waals surface area contributed by atoms with Crippen LogP contribution < -0.4 is 0 Å². The molecule has 1 aromatic carbocycles. The number of rotatable bonds is 5. The molecule has 6 nitrogen and oxygen atoms in total. The van der Waals surface area contributed by atoms with E-state index in [1.54, 1.807) is 16.5 Å². The van der Waals surface area contributed by atoms with Gasteiger partial charge in [-0.3, -0.25) is 4.79 Å². The van der Waals surface area contributed by atoms with E-state index < -0.39 is 5.97 Å². The Morgan fingerprint density at radius 2 is 1.82 bits per heavy atom. The number of esters is 1. The number of likely N-dealkylation sites (tertiary alicyclic amines) is 1. The number of aryl methyl sites for hydroxylation is 1. The molecule has 1 aliphatic rings. The lowest BCUT2D eigenvalue weighted by atomic mass is 9.92. The minimum atomic E-state index is -0.617. The van der Waals surface area contributed by atoms with E-state index in [2.05, 4.69) is 18.9 Å². The van der Waals surface area contributed by atoms with Crippen LogP contribution in [0.25, 0.3) is 0 Å². The number of aromatic nitrogens is 2. The van der Waals surface area contributed by atoms with E-state index in [0.717, 1.165) is 12.0 Å². The lowest BCUT2D eigenvalue weighted by Gasteiger charge is -2.34. The van der Waals surface area contributed by atoms with Crippen molar-refractivity contribution in [2.75, 3.05) is 19.7 Å². The second-order valence-corrected chi connectivity index (χ2v) is 8.07. The molecule has 0 saturated carbocycles. The number of hydrogen-bond acceptors (Lipinski definition) is 4. The standard InChI is InChI=1S/C21H26ClN3O3/c1-14-9-15(2)11-24(10-14)18(26)13-28-21(27)19-16(3)23-25(20(19)22)12-17-7-5-4-6-8-17/h4-8,14-15H,9-13H2,1-3H3/t14-,15+. The molecule has 1 aromatic heterocycles. The highest BCUT2D eigenvalue weighted by Gasteiger charge is 2.27. The average Bonchev–Trinajstić information content (AvgIpc) is 2.93. The third kappa shape index (κ3) is 4.73. The van der Waals surface area contributed by atoms with Gasteiger partial charge in [0.2, 0.25) is 0 Å². The Labute approximate surface area is 170 Å². The van der Waals surface area contributed by atoms with Gasteiger partial charge in [0.15, 0.2) is 6.61 Å². The topological polar surface area (TPSA) is 64.4 Å². The summed E-state index contributed by atoms with van der Waals surface area (Å²) in [4.78, 5) is 26.8. The van der Waals surface area contributed by atoms with Crippen LogP contribution in [0.2, 0.25) is 5.15 Å². The summed E-state index contributed by atoms with van der Waals surface area (Å²) in [6.45, 7) is 7.55. The van der Waals surface area contributed by atoms with Gasteiger partial charge in [-0.25, -0.2) is 9.48 Å². The Kier molecular flexibility index (Phi) is 6.39. The van der Waals surface area contributed by atoms with Crippen LogP contribution in [0.1, 0.15) is 41.9 Å². The molecule has 0 spiro atoms. The van der Waals surface area contributed by atoms with Gasteiger partial charge in [0.05, 0.1) is 12.2 Å². The van der Waals surface area contributed by atoms with Crippen molar-refractivity contribution in [1.82, 2.24) is 14.7 Å². The van der Waals surface area contributed by atoms with Crippen LogP contribution in [0.15, 0.2) is 30.3 Å². The molecule has 1 saturated heterocycles. The lowest BCUT2D eigenvalue weighted by Crippen LogP contribution is -2.44. The highest BCUT2D eigenvalue weighted by atomic mass is 35.5. The summed E-state index contributed by atoms with van der Waals surface area (Å²) in [7, 11) is 0. The minimum Gasteiger partial charge on any atom is -0.452 e. The van der Waals surface area contributed by atoms with Crippen molar-refractivity contribution < 1.29 is 14.3 Å². The molecule has 0 N–H and O–H groups in total. The highest BCUT2D eigenvalue weighted by molar-refractivity contribution is 6.32. The Balaban J connectivity index is 1.63. The summed E-state index contributed by atoms with van der Waals surface area (Å²) in [6.07, 6.45) is 1.11. The van der Waals surface area contributed by atoms with Crippen LogP contribution in [-0.4, -0.2) is 46.3 Å². The van der Waals surface area contributed by atoms with E-state index in [0.29, 0.717) is 37.2 Å². The van der Waals surface area contributed by atoms with Crippen molar-refractivity contribution in [3.63, 3.8) is 0 Å². The number of ether oxygens (including phenoxy) is 1. The smallest absolute Gasteiger partial charge is 0.343 e. The number of benzene rings is 1. The van der Waals surface area contributed by atoms with Gasteiger partial charge in [-0.15, -0.1) is 0 Å². The fourth-order valence-electron chi connectivity index (χ4n) is 3.80. The molecule has 2 aromatic rings. The highest BCUT2D eigenvalue weighted by Crippen LogP contribution is 2.23. The third-order valence-electron chi connectivity index (χ3n) is 4.99. The molecule has 0 aliphatic carbocycles. The molecule has 1 amide bonds. The Morgan fingerprint density at radius 1 is 1.18 bits per heavy atom. The quantitative estimate of drug-likeness (QED) is 0.716. The van der Waals surface area contributed by atoms with Gasteiger partial charge in [-0.2, -0.15) is 5.10 Å². The molecule has 1 aliphatic heterocycles. The van der Waals surface area contributed by atoms with Gasteiger partial charge in [0, 0.05) is 13.1 Å². The van der Waals surface area contributed by atoms with E-state index in [4.69, 9.17) is 16.3 Å². The number of carbonyl (C=O) groups excluding carboxylic acids is 2. The number of amides is 1. The maximum absolute atomic E-state index is 12.5. The molecule has 0 radical (unpaired) electrons. The van der Waals surface area contributed by atoms with Crippen molar-refractivity contribution in [2.45, 2.75) is 33.7 Å². The summed E-state index contributed by atoms with van der Waals surface area (Å²) in [5.74, 6) is 0.123. The summed E-state index contributed by atoms with van der Waals surface area (Å²) in [6, 6.07) is 9.73. The van der Waals surface area contributed by atoms with Gasteiger partial charge in [-0.1, -0.05) is 55.8 Å². The molecular weight excluding hydrogens is 378 g/mol.